The molecule has 154 valence electrons. The van der Waals surface area contributed by atoms with E-state index >= 15 is 0 Å². The fourth-order valence-electron chi connectivity index (χ4n) is 4.72. The van der Waals surface area contributed by atoms with Crippen LogP contribution < -0.4 is 4.90 Å². The summed E-state index contributed by atoms with van der Waals surface area (Å²) in [5, 5.41) is 22.8. The molecule has 0 bridgehead atoms. The van der Waals surface area contributed by atoms with Crippen LogP contribution in [-0.2, 0) is 0 Å². The van der Waals surface area contributed by atoms with Gasteiger partial charge in [-0.2, -0.15) is 10.5 Å². The Kier molecular flexibility index (Phi) is 5.07. The van der Waals surface area contributed by atoms with Crippen LogP contribution in [-0.4, -0.2) is 45.7 Å². The van der Waals surface area contributed by atoms with E-state index in [9.17, 15) is 5.26 Å². The van der Waals surface area contributed by atoms with Crippen molar-refractivity contribution in [1.29, 1.82) is 10.5 Å². The summed E-state index contributed by atoms with van der Waals surface area (Å²) in [6.07, 6.45) is 6.43. The maximum atomic E-state index is 9.37. The summed E-state index contributed by atoms with van der Waals surface area (Å²) in [5.41, 5.74) is 2.63. The van der Waals surface area contributed by atoms with Gasteiger partial charge in [0.1, 0.15) is 11.8 Å². The van der Waals surface area contributed by atoms with Crippen molar-refractivity contribution < 1.29 is 4.52 Å². The number of piperazine rings is 1. The van der Waals surface area contributed by atoms with Gasteiger partial charge in [0.05, 0.1) is 17.7 Å². The number of hydrogen-bond donors (Lipinski definition) is 0. The molecule has 31 heavy (non-hydrogen) atoms. The van der Waals surface area contributed by atoms with E-state index in [1.807, 2.05) is 24.3 Å². The van der Waals surface area contributed by atoms with Crippen molar-refractivity contribution in [1.82, 2.24) is 20.0 Å². The number of benzene rings is 1. The summed E-state index contributed by atoms with van der Waals surface area (Å²) in [7, 11) is 0. The zero-order valence-electron chi connectivity index (χ0n) is 17.0. The summed E-state index contributed by atoms with van der Waals surface area (Å²) >= 11 is 0. The number of rotatable bonds is 3. The summed E-state index contributed by atoms with van der Waals surface area (Å²) < 4.78 is 5.78. The summed E-state index contributed by atoms with van der Waals surface area (Å²) in [6.45, 7) is 2.46. The van der Waals surface area contributed by atoms with Crippen LogP contribution in [0.4, 0.5) is 5.82 Å². The first kappa shape index (κ1) is 19.2. The Labute approximate surface area is 180 Å². The Hall–Kier alpha value is -3.75. The fraction of sp³-hybridized carbons (Fsp3) is 0.348. The van der Waals surface area contributed by atoms with Gasteiger partial charge in [0.25, 0.3) is 0 Å². The van der Waals surface area contributed by atoms with Crippen LogP contribution in [0.1, 0.15) is 42.3 Å². The third kappa shape index (κ3) is 3.63. The third-order valence-corrected chi connectivity index (χ3v) is 6.17. The summed E-state index contributed by atoms with van der Waals surface area (Å²) in [6, 6.07) is 14.3. The SMILES string of the molecule is N#Cc1cccc(-c2cc(C3CCC[C@H]4CN(c5nccnc5C#N)CCN34)on2)c1. The van der Waals surface area contributed by atoms with Crippen molar-refractivity contribution in [3.63, 3.8) is 0 Å². The number of fused-ring (bicyclic) bond motifs is 1. The lowest BCUT2D eigenvalue weighted by atomic mass is 9.91. The molecule has 3 aromatic rings. The van der Waals surface area contributed by atoms with E-state index in [4.69, 9.17) is 9.78 Å². The largest absolute Gasteiger partial charge is 0.359 e. The van der Waals surface area contributed by atoms with E-state index in [0.29, 0.717) is 23.1 Å². The maximum absolute atomic E-state index is 9.37. The number of piperidine rings is 1. The van der Waals surface area contributed by atoms with Gasteiger partial charge in [0, 0.05) is 49.7 Å². The molecule has 2 aromatic heterocycles. The van der Waals surface area contributed by atoms with Crippen LogP contribution in [0.15, 0.2) is 47.2 Å². The molecule has 4 heterocycles. The highest BCUT2D eigenvalue weighted by Gasteiger charge is 2.38. The van der Waals surface area contributed by atoms with Crippen LogP contribution in [0, 0.1) is 22.7 Å². The molecule has 8 nitrogen and oxygen atoms in total. The Morgan fingerprint density at radius 2 is 1.94 bits per heavy atom. The quantitative estimate of drug-likeness (QED) is 0.646. The zero-order valence-corrected chi connectivity index (χ0v) is 17.0. The smallest absolute Gasteiger partial charge is 0.183 e. The van der Waals surface area contributed by atoms with Crippen molar-refractivity contribution in [3.05, 3.63) is 59.7 Å². The molecule has 2 fully saturated rings. The second-order valence-corrected chi connectivity index (χ2v) is 7.93. The van der Waals surface area contributed by atoms with Crippen molar-refractivity contribution in [2.24, 2.45) is 0 Å². The van der Waals surface area contributed by atoms with Gasteiger partial charge in [0.2, 0.25) is 0 Å². The van der Waals surface area contributed by atoms with E-state index in [-0.39, 0.29) is 6.04 Å². The van der Waals surface area contributed by atoms with Crippen molar-refractivity contribution in [2.75, 3.05) is 24.5 Å². The molecule has 0 saturated carbocycles. The van der Waals surface area contributed by atoms with E-state index < -0.39 is 0 Å². The second kappa shape index (κ2) is 8.17. The molecule has 5 rings (SSSR count). The van der Waals surface area contributed by atoms with Gasteiger partial charge in [-0.3, -0.25) is 4.90 Å². The lowest BCUT2D eigenvalue weighted by Gasteiger charge is -2.47. The molecule has 0 aliphatic carbocycles. The molecule has 2 aliphatic heterocycles. The molecule has 1 unspecified atom stereocenters. The minimum absolute atomic E-state index is 0.179. The van der Waals surface area contributed by atoms with Crippen molar-refractivity contribution >= 4 is 5.82 Å². The molecule has 8 heteroatoms. The average Bonchev–Trinajstić information content (AvgIpc) is 3.33. The summed E-state index contributed by atoms with van der Waals surface area (Å²) in [5.74, 6) is 1.54. The molecule has 0 radical (unpaired) electrons. The Balaban J connectivity index is 1.36. The zero-order chi connectivity index (χ0) is 21.2. The standard InChI is InChI=1S/C23H21N7O/c24-13-16-3-1-4-17(11-16)19-12-22(31-28-19)21-6-2-5-18-15-29(9-10-30(18)21)23-20(14-25)26-7-8-27-23/h1,3-4,7-8,11-12,18,21H,2,5-6,9-10,15H2/t18-,21?/m0/s1. The Morgan fingerprint density at radius 3 is 2.81 bits per heavy atom. The van der Waals surface area contributed by atoms with E-state index in [1.54, 1.807) is 18.5 Å². The fourth-order valence-corrected chi connectivity index (χ4v) is 4.72. The number of anilines is 1. The molecule has 2 aliphatic rings. The van der Waals surface area contributed by atoms with Crippen LogP contribution in [0.2, 0.25) is 0 Å². The molecular formula is C23H21N7O. The second-order valence-electron chi connectivity index (χ2n) is 7.93. The lowest BCUT2D eigenvalue weighted by molar-refractivity contribution is 0.0558. The first-order valence-corrected chi connectivity index (χ1v) is 10.5. The van der Waals surface area contributed by atoms with E-state index in [2.05, 4.69) is 37.1 Å². The van der Waals surface area contributed by atoms with Gasteiger partial charge in [-0.15, -0.1) is 0 Å². The first-order valence-electron chi connectivity index (χ1n) is 10.5. The minimum atomic E-state index is 0.179. The van der Waals surface area contributed by atoms with Crippen LogP contribution in [0.3, 0.4) is 0 Å². The van der Waals surface area contributed by atoms with Gasteiger partial charge >= 0.3 is 0 Å². The highest BCUT2D eigenvalue weighted by atomic mass is 16.5. The molecule has 0 amide bonds. The van der Waals surface area contributed by atoms with Crippen molar-refractivity contribution in [2.45, 2.75) is 31.3 Å². The number of nitriles is 2. The van der Waals surface area contributed by atoms with E-state index in [0.717, 1.165) is 55.9 Å². The highest BCUT2D eigenvalue weighted by Crippen LogP contribution is 2.38. The Bertz CT molecular complexity index is 1170. The van der Waals surface area contributed by atoms with Crippen LogP contribution >= 0.6 is 0 Å². The molecule has 1 aromatic carbocycles. The average molecular weight is 411 g/mol. The minimum Gasteiger partial charge on any atom is -0.359 e. The van der Waals surface area contributed by atoms with E-state index in [1.165, 1.54) is 0 Å². The van der Waals surface area contributed by atoms with Gasteiger partial charge in [0.15, 0.2) is 17.3 Å². The predicted octanol–water partition coefficient (Wildman–Crippen LogP) is 3.29. The lowest BCUT2D eigenvalue weighted by Crippen LogP contribution is -2.56. The maximum Gasteiger partial charge on any atom is 0.183 e. The third-order valence-electron chi connectivity index (χ3n) is 6.17. The number of aromatic nitrogens is 3. The van der Waals surface area contributed by atoms with Crippen LogP contribution in [0.25, 0.3) is 11.3 Å². The predicted molar refractivity (Wildman–Crippen MR) is 113 cm³/mol. The molecule has 2 saturated heterocycles. The van der Waals surface area contributed by atoms with Crippen molar-refractivity contribution in [3.8, 4) is 23.4 Å². The first-order chi connectivity index (χ1) is 15.3. The molecule has 0 N–H and O–H groups in total. The van der Waals surface area contributed by atoms with Gasteiger partial charge in [-0.25, -0.2) is 9.97 Å². The molecule has 2 atom stereocenters. The Morgan fingerprint density at radius 1 is 1.03 bits per heavy atom. The normalized spacial score (nSPS) is 21.2. The highest BCUT2D eigenvalue weighted by molar-refractivity contribution is 5.61. The monoisotopic (exact) mass is 411 g/mol. The van der Waals surface area contributed by atoms with Gasteiger partial charge in [-0.1, -0.05) is 17.3 Å². The topological polar surface area (TPSA) is 106 Å². The van der Waals surface area contributed by atoms with Gasteiger partial charge in [-0.05, 0) is 31.4 Å². The number of nitrogens with zero attached hydrogens (tertiary/aromatic N) is 7. The molecule has 0 spiro atoms. The molecular weight excluding hydrogens is 390 g/mol. The number of hydrogen-bond acceptors (Lipinski definition) is 8. The van der Waals surface area contributed by atoms with Crippen LogP contribution in [0.5, 0.6) is 0 Å². The summed E-state index contributed by atoms with van der Waals surface area (Å²) in [4.78, 5) is 13.2. The van der Waals surface area contributed by atoms with Gasteiger partial charge < -0.3 is 9.42 Å².